The molecule has 1 aromatic rings. The Bertz CT molecular complexity index is 334. The van der Waals surface area contributed by atoms with Gasteiger partial charge in [0.1, 0.15) is 5.84 Å². The average Bonchev–Trinajstić information content (AvgIpc) is 2.94. The maximum Gasteiger partial charge on any atom is 0.185 e. The lowest BCUT2D eigenvalue weighted by Crippen LogP contribution is -2.30. The highest BCUT2D eigenvalue weighted by Gasteiger charge is 2.30. The number of rotatable bonds is 5. The standard InChI is InChI=1S/C9H14N4OS/c10-8(12-14)3-5-13(7-1-2-7)9-11-4-6-15-9/h4,6-7,14H,1-3,5H2,(H2,10,12). The fraction of sp³-hybridized carbons (Fsp3) is 0.556. The fourth-order valence-electron chi connectivity index (χ4n) is 1.46. The van der Waals surface area contributed by atoms with Crippen LogP contribution in [0.3, 0.4) is 0 Å². The van der Waals surface area contributed by atoms with Gasteiger partial charge in [-0.05, 0) is 12.8 Å². The van der Waals surface area contributed by atoms with E-state index >= 15 is 0 Å². The lowest BCUT2D eigenvalue weighted by Gasteiger charge is -2.20. The van der Waals surface area contributed by atoms with E-state index in [-0.39, 0.29) is 5.84 Å². The van der Waals surface area contributed by atoms with Gasteiger partial charge < -0.3 is 15.8 Å². The number of oxime groups is 1. The summed E-state index contributed by atoms with van der Waals surface area (Å²) in [5, 5.41) is 14.4. The monoisotopic (exact) mass is 226 g/mol. The summed E-state index contributed by atoms with van der Waals surface area (Å²) < 4.78 is 0. The number of nitrogens with zero attached hydrogens (tertiary/aromatic N) is 3. The van der Waals surface area contributed by atoms with Gasteiger partial charge >= 0.3 is 0 Å². The molecule has 0 spiro atoms. The van der Waals surface area contributed by atoms with Gasteiger partial charge in [-0.1, -0.05) is 5.16 Å². The predicted molar refractivity (Wildman–Crippen MR) is 60.5 cm³/mol. The molecule has 1 aromatic heterocycles. The summed E-state index contributed by atoms with van der Waals surface area (Å²) >= 11 is 1.63. The topological polar surface area (TPSA) is 74.7 Å². The zero-order valence-corrected chi connectivity index (χ0v) is 9.15. The molecule has 5 nitrogen and oxygen atoms in total. The summed E-state index contributed by atoms with van der Waals surface area (Å²) in [5.74, 6) is 0.275. The van der Waals surface area contributed by atoms with Crippen LogP contribution in [-0.2, 0) is 0 Å². The summed E-state index contributed by atoms with van der Waals surface area (Å²) in [6.07, 6.45) is 4.82. The zero-order chi connectivity index (χ0) is 10.7. The molecule has 0 atom stereocenters. The number of amidine groups is 1. The molecule has 15 heavy (non-hydrogen) atoms. The number of thiazole rings is 1. The van der Waals surface area contributed by atoms with Crippen LogP contribution in [0.15, 0.2) is 16.7 Å². The molecule has 1 heterocycles. The van der Waals surface area contributed by atoms with E-state index in [2.05, 4.69) is 15.0 Å². The van der Waals surface area contributed by atoms with Crippen LogP contribution in [0.5, 0.6) is 0 Å². The van der Waals surface area contributed by atoms with Crippen molar-refractivity contribution in [3.8, 4) is 0 Å². The summed E-state index contributed by atoms with van der Waals surface area (Å²) in [6, 6.07) is 0.600. The van der Waals surface area contributed by atoms with E-state index in [4.69, 9.17) is 10.9 Å². The van der Waals surface area contributed by atoms with Crippen LogP contribution in [-0.4, -0.2) is 28.6 Å². The first kappa shape index (κ1) is 10.2. The van der Waals surface area contributed by atoms with Crippen LogP contribution in [0.2, 0.25) is 0 Å². The van der Waals surface area contributed by atoms with Crippen molar-refractivity contribution in [3.63, 3.8) is 0 Å². The molecule has 2 rings (SSSR count). The van der Waals surface area contributed by atoms with Gasteiger partial charge in [-0.3, -0.25) is 0 Å². The van der Waals surface area contributed by atoms with E-state index in [9.17, 15) is 0 Å². The number of nitrogens with two attached hydrogens (primary N) is 1. The first-order valence-electron chi connectivity index (χ1n) is 4.94. The lowest BCUT2D eigenvalue weighted by molar-refractivity contribution is 0.317. The van der Waals surface area contributed by atoms with Crippen molar-refractivity contribution in [2.45, 2.75) is 25.3 Å². The number of hydrogen-bond acceptors (Lipinski definition) is 5. The summed E-state index contributed by atoms with van der Waals surface area (Å²) in [4.78, 5) is 6.52. The highest BCUT2D eigenvalue weighted by atomic mass is 32.1. The molecule has 1 fully saturated rings. The third-order valence-electron chi connectivity index (χ3n) is 2.39. The number of aromatic nitrogens is 1. The Labute approximate surface area is 92.2 Å². The minimum atomic E-state index is 0.275. The second-order valence-corrected chi connectivity index (χ2v) is 4.45. The van der Waals surface area contributed by atoms with E-state index < -0.39 is 0 Å². The fourth-order valence-corrected chi connectivity index (χ4v) is 2.20. The molecule has 1 aliphatic rings. The quantitative estimate of drug-likeness (QED) is 0.343. The Balaban J connectivity index is 1.95. The van der Waals surface area contributed by atoms with Crippen molar-refractivity contribution in [2.75, 3.05) is 11.4 Å². The Morgan fingerprint density at radius 3 is 3.07 bits per heavy atom. The van der Waals surface area contributed by atoms with Crippen LogP contribution < -0.4 is 10.6 Å². The Kier molecular flexibility index (Phi) is 3.05. The maximum atomic E-state index is 8.46. The van der Waals surface area contributed by atoms with Crippen molar-refractivity contribution >= 4 is 22.3 Å². The van der Waals surface area contributed by atoms with E-state index in [1.807, 2.05) is 5.38 Å². The Morgan fingerprint density at radius 2 is 2.53 bits per heavy atom. The van der Waals surface area contributed by atoms with Gasteiger partial charge in [0.05, 0.1) is 0 Å². The first-order chi connectivity index (χ1) is 7.31. The van der Waals surface area contributed by atoms with Gasteiger partial charge in [0.2, 0.25) is 0 Å². The van der Waals surface area contributed by atoms with Crippen LogP contribution >= 0.6 is 11.3 Å². The minimum absolute atomic E-state index is 0.275. The average molecular weight is 226 g/mol. The molecule has 0 aromatic carbocycles. The second-order valence-electron chi connectivity index (χ2n) is 3.58. The number of hydrogen-bond donors (Lipinski definition) is 2. The second kappa shape index (κ2) is 4.48. The van der Waals surface area contributed by atoms with E-state index in [0.717, 1.165) is 11.7 Å². The number of anilines is 1. The van der Waals surface area contributed by atoms with Crippen LogP contribution in [0.1, 0.15) is 19.3 Å². The third kappa shape index (κ3) is 2.59. The molecule has 82 valence electrons. The molecule has 1 aliphatic carbocycles. The predicted octanol–water partition coefficient (Wildman–Crippen LogP) is 1.25. The van der Waals surface area contributed by atoms with E-state index in [0.29, 0.717) is 12.5 Å². The molecule has 3 N–H and O–H groups in total. The van der Waals surface area contributed by atoms with Crippen molar-refractivity contribution < 1.29 is 5.21 Å². The molecular formula is C9H14N4OS. The summed E-state index contributed by atoms with van der Waals surface area (Å²) in [6.45, 7) is 0.772. The van der Waals surface area contributed by atoms with E-state index in [1.165, 1.54) is 12.8 Å². The molecule has 0 radical (unpaired) electrons. The molecule has 6 heteroatoms. The van der Waals surface area contributed by atoms with Crippen molar-refractivity contribution in [2.24, 2.45) is 10.9 Å². The largest absolute Gasteiger partial charge is 0.409 e. The first-order valence-corrected chi connectivity index (χ1v) is 5.81. The van der Waals surface area contributed by atoms with Gasteiger partial charge in [0, 0.05) is 30.6 Å². The van der Waals surface area contributed by atoms with Gasteiger partial charge in [0.15, 0.2) is 5.13 Å². The molecule has 0 aliphatic heterocycles. The zero-order valence-electron chi connectivity index (χ0n) is 8.33. The van der Waals surface area contributed by atoms with Crippen molar-refractivity contribution in [1.29, 1.82) is 0 Å². The normalized spacial score (nSPS) is 16.7. The van der Waals surface area contributed by atoms with Crippen LogP contribution in [0, 0.1) is 0 Å². The van der Waals surface area contributed by atoms with Gasteiger partial charge in [-0.15, -0.1) is 11.3 Å². The van der Waals surface area contributed by atoms with Gasteiger partial charge in [0.25, 0.3) is 0 Å². The summed E-state index contributed by atoms with van der Waals surface area (Å²) in [7, 11) is 0. The van der Waals surface area contributed by atoms with Crippen LogP contribution in [0.25, 0.3) is 0 Å². The molecule has 0 saturated heterocycles. The lowest BCUT2D eigenvalue weighted by atomic mass is 10.3. The smallest absolute Gasteiger partial charge is 0.185 e. The summed E-state index contributed by atoms with van der Waals surface area (Å²) in [5.41, 5.74) is 5.45. The van der Waals surface area contributed by atoms with Crippen molar-refractivity contribution in [3.05, 3.63) is 11.6 Å². The van der Waals surface area contributed by atoms with Crippen LogP contribution in [0.4, 0.5) is 5.13 Å². The Hall–Kier alpha value is -1.30. The highest BCUT2D eigenvalue weighted by Crippen LogP contribution is 2.32. The molecule has 0 unspecified atom stereocenters. The Morgan fingerprint density at radius 1 is 1.73 bits per heavy atom. The van der Waals surface area contributed by atoms with Crippen molar-refractivity contribution in [1.82, 2.24) is 4.98 Å². The molecular weight excluding hydrogens is 212 g/mol. The molecule has 0 bridgehead atoms. The SMILES string of the molecule is NC(CCN(c1nccs1)C1CC1)=NO. The minimum Gasteiger partial charge on any atom is -0.409 e. The molecule has 0 amide bonds. The van der Waals surface area contributed by atoms with Gasteiger partial charge in [-0.2, -0.15) is 0 Å². The van der Waals surface area contributed by atoms with Gasteiger partial charge in [-0.25, -0.2) is 4.98 Å². The highest BCUT2D eigenvalue weighted by molar-refractivity contribution is 7.13. The molecule has 1 saturated carbocycles. The third-order valence-corrected chi connectivity index (χ3v) is 3.20. The maximum absolute atomic E-state index is 8.46. The van der Waals surface area contributed by atoms with E-state index in [1.54, 1.807) is 17.5 Å².